The smallest absolute Gasteiger partial charge is 0.229 e. The van der Waals surface area contributed by atoms with Gasteiger partial charge in [-0.2, -0.15) is 15.0 Å². The molecule has 22 nitrogen and oxygen atoms in total. The third kappa shape index (κ3) is 13.0. The summed E-state index contributed by atoms with van der Waals surface area (Å²) in [4.78, 5) is 30.6. The number of hydrogen-bond donors (Lipinski definition) is 11. The Morgan fingerprint density at radius 2 is 1.28 bits per heavy atom. The Kier molecular flexibility index (Phi) is 18.0. The largest absolute Gasteiger partial charge is 0.492 e. The second kappa shape index (κ2) is 26.1. The van der Waals surface area contributed by atoms with Gasteiger partial charge >= 0.3 is 0 Å². The number of ether oxygens (including phenoxy) is 4. The first kappa shape index (κ1) is 62.2. The summed E-state index contributed by atoms with van der Waals surface area (Å²) >= 11 is 7.26. The SMILES string of the molecule is CNc1cc(CC2COc3c(cc(Nc4nc(CC5COc6c(cc(Nc7nc(C)cc(NC)n7)c(Cl)c6C6=CCNC[C@H](O)C6)O5)cc(NC)n4)c(F)c3C3=CCN(C)CCC3)[C@]2(C)O)nc(Nc2cc3c(c(C4=CCNCCC4)c2F)OCC[C@]3(C)O)n1. The number of aliphatic hydroxyl groups is 3. The molecule has 0 bridgehead atoms. The van der Waals surface area contributed by atoms with Crippen molar-refractivity contribution < 1.29 is 43.0 Å². The Labute approximate surface area is 526 Å². The van der Waals surface area contributed by atoms with E-state index in [1.165, 1.54) is 0 Å². The average Bonchev–Trinajstić information content (AvgIpc) is 0.815. The molecule has 5 atom stereocenters. The van der Waals surface area contributed by atoms with Gasteiger partial charge in [-0.1, -0.05) is 29.8 Å². The first-order valence-electron chi connectivity index (χ1n) is 30.8. The molecule has 0 spiro atoms. The predicted molar refractivity (Wildman–Crippen MR) is 345 cm³/mol. The van der Waals surface area contributed by atoms with Gasteiger partial charge in [0.15, 0.2) is 23.1 Å². The van der Waals surface area contributed by atoms with Gasteiger partial charge in [-0.25, -0.2) is 23.7 Å². The van der Waals surface area contributed by atoms with Crippen LogP contribution in [0.15, 0.2) is 54.6 Å². The lowest BCUT2D eigenvalue weighted by Gasteiger charge is -2.40. The standard InChI is InChI=1S/C65H78ClF2N15O7/c1-34-22-49(69-4)80-61(74-34)77-45-30-48-60(52(55(45)66)37-13-18-73-31-41(84)23-37)89-33-42(90-48)25-40-27-51(71-6)82-63(76-40)79-47-29-44-59(54(57(47)68)36-11-9-19-83(7)20-14-36)88-32-38(65(44,3)86)24-39-26-50(70-5)81-62(75-39)78-46-28-43-58(87-21-15-64(43,2)85)53(56(46)67)35-10-8-16-72-17-12-35/h12-14,22,26-30,38,41-42,72-73,84-86H,8-11,15-21,23-25,31-33H2,1-7H3,(H2,69,74,77,80)(H2,70,75,78,81)(H2,71,76,79,82)/t38?,41-,42?,64+,65-/m1/s1. The minimum atomic E-state index is -1.64. The van der Waals surface area contributed by atoms with E-state index in [1.807, 2.05) is 38.3 Å². The highest BCUT2D eigenvalue weighted by Crippen LogP contribution is 2.52. The predicted octanol–water partition coefficient (Wildman–Crippen LogP) is 9.10. The minimum Gasteiger partial charge on any atom is -0.492 e. The van der Waals surface area contributed by atoms with Gasteiger partial charge in [-0.15, -0.1) is 0 Å². The number of halogens is 3. The van der Waals surface area contributed by atoms with E-state index >= 15 is 8.78 Å². The van der Waals surface area contributed by atoms with E-state index in [4.69, 9.17) is 45.5 Å². The lowest BCUT2D eigenvalue weighted by Crippen LogP contribution is -2.42. The molecule has 0 aliphatic carbocycles. The molecule has 6 aromatic rings. The van der Waals surface area contributed by atoms with Gasteiger partial charge in [0.2, 0.25) is 17.8 Å². The maximum Gasteiger partial charge on any atom is 0.229 e. The number of anilines is 9. The Hall–Kier alpha value is -7.97. The molecule has 0 radical (unpaired) electrons. The average molecular weight is 1250 g/mol. The molecule has 0 saturated heterocycles. The lowest BCUT2D eigenvalue weighted by molar-refractivity contribution is -0.0436. The number of allylic oxidation sites excluding steroid dienone is 2. The number of fused-ring (bicyclic) bond motifs is 3. The number of nitrogens with one attached hydrogen (secondary N) is 8. The number of aliphatic hydroxyl groups excluding tert-OH is 1. The number of aromatic nitrogens is 6. The molecule has 0 saturated carbocycles. The molecule has 3 aromatic carbocycles. The van der Waals surface area contributed by atoms with Crippen LogP contribution < -0.4 is 61.5 Å². The van der Waals surface area contributed by atoms with E-state index in [2.05, 4.69) is 62.4 Å². The minimum absolute atomic E-state index is 0.00726. The second-order valence-electron chi connectivity index (χ2n) is 24.3. The normalized spacial score (nSPS) is 22.5. The van der Waals surface area contributed by atoms with Crippen molar-refractivity contribution >= 4 is 80.7 Å². The molecular weight excluding hydrogens is 1180 g/mol. The highest BCUT2D eigenvalue weighted by molar-refractivity contribution is 6.35. The summed E-state index contributed by atoms with van der Waals surface area (Å²) in [6, 6.07) is 10.3. The Morgan fingerprint density at radius 1 is 0.678 bits per heavy atom. The van der Waals surface area contributed by atoms with Crippen molar-refractivity contribution in [3.8, 4) is 23.0 Å². The van der Waals surface area contributed by atoms with Crippen molar-refractivity contribution in [1.82, 2.24) is 45.4 Å². The second-order valence-corrected chi connectivity index (χ2v) is 24.6. The van der Waals surface area contributed by atoms with Gasteiger partial charge in [-0.05, 0) is 102 Å². The zero-order chi connectivity index (χ0) is 63.0. The number of benzene rings is 3. The maximum absolute atomic E-state index is 17.8. The molecule has 25 heteroatoms. The third-order valence-electron chi connectivity index (χ3n) is 17.5. The molecule has 9 heterocycles. The summed E-state index contributed by atoms with van der Waals surface area (Å²) < 4.78 is 61.1. The number of nitrogens with zero attached hydrogens (tertiary/aromatic N) is 7. The van der Waals surface area contributed by atoms with E-state index in [1.54, 1.807) is 65.3 Å². The van der Waals surface area contributed by atoms with Crippen LogP contribution >= 0.6 is 11.6 Å². The third-order valence-corrected chi connectivity index (χ3v) is 17.9. The monoisotopic (exact) mass is 1250 g/mol. The molecular formula is C65H78ClF2N15O7. The van der Waals surface area contributed by atoms with Crippen molar-refractivity contribution in [3.63, 3.8) is 0 Å². The fourth-order valence-corrected chi connectivity index (χ4v) is 12.9. The van der Waals surface area contributed by atoms with Crippen LogP contribution in [-0.2, 0) is 24.0 Å². The maximum atomic E-state index is 17.8. The number of β-amino-alcohol motifs (C(OH)–C–C–N with tert-alkyl or cyclic N) is 1. The van der Waals surface area contributed by atoms with Crippen molar-refractivity contribution in [2.45, 2.75) is 95.5 Å². The fraction of sp³-hybridized carbons (Fsp3) is 0.446. The number of likely N-dealkylation sites (N-methyl/N-ethyl adjacent to an activating group) is 1. The summed E-state index contributed by atoms with van der Waals surface area (Å²) in [5, 5.41) is 61.5. The zero-order valence-corrected chi connectivity index (χ0v) is 52.4. The fourth-order valence-electron chi connectivity index (χ4n) is 12.6. The quantitative estimate of drug-likeness (QED) is 0.0431. The summed E-state index contributed by atoms with van der Waals surface area (Å²) in [7, 11) is 7.25. The molecule has 2 unspecified atom stereocenters. The summed E-state index contributed by atoms with van der Waals surface area (Å²) in [5.74, 6) is 1.61. The molecule has 6 aliphatic heterocycles. The van der Waals surface area contributed by atoms with Gasteiger partial charge in [-0.3, -0.25) is 0 Å². The summed E-state index contributed by atoms with van der Waals surface area (Å²) in [6.45, 7) is 9.30. The van der Waals surface area contributed by atoms with E-state index in [0.717, 1.165) is 48.3 Å². The van der Waals surface area contributed by atoms with E-state index in [9.17, 15) is 15.3 Å². The van der Waals surface area contributed by atoms with Crippen molar-refractivity contribution in [1.29, 1.82) is 0 Å². The molecule has 11 N–H and O–H groups in total. The Bertz CT molecular complexity index is 3830. The van der Waals surface area contributed by atoms with Gasteiger partial charge in [0.25, 0.3) is 0 Å². The van der Waals surface area contributed by atoms with Crippen LogP contribution in [0.1, 0.15) is 97.3 Å². The van der Waals surface area contributed by atoms with E-state index in [0.29, 0.717) is 137 Å². The Balaban J connectivity index is 0.850. The molecule has 0 amide bonds. The van der Waals surface area contributed by atoms with Crippen LogP contribution in [0, 0.1) is 24.5 Å². The number of hydrogen-bond acceptors (Lipinski definition) is 22. The molecule has 476 valence electrons. The van der Waals surface area contributed by atoms with Crippen LogP contribution in [0.25, 0.3) is 16.7 Å². The van der Waals surface area contributed by atoms with Crippen LogP contribution in [0.3, 0.4) is 0 Å². The van der Waals surface area contributed by atoms with Gasteiger partial charge < -0.3 is 81.7 Å². The van der Waals surface area contributed by atoms with Gasteiger partial charge in [0.1, 0.15) is 41.7 Å². The zero-order valence-electron chi connectivity index (χ0n) is 51.7. The van der Waals surface area contributed by atoms with E-state index in [-0.39, 0.29) is 67.2 Å². The van der Waals surface area contributed by atoms with E-state index < -0.39 is 41.0 Å². The summed E-state index contributed by atoms with van der Waals surface area (Å²) in [6.07, 6.45) is 8.52. The van der Waals surface area contributed by atoms with Gasteiger partial charge in [0.05, 0.1) is 69.4 Å². The molecule has 6 aliphatic rings. The van der Waals surface area contributed by atoms with Crippen LogP contribution in [0.2, 0.25) is 5.02 Å². The van der Waals surface area contributed by atoms with Crippen molar-refractivity contribution in [2.24, 2.45) is 5.92 Å². The molecule has 12 rings (SSSR count). The van der Waals surface area contributed by atoms with Gasteiger partial charge in [0, 0.05) is 125 Å². The summed E-state index contributed by atoms with van der Waals surface area (Å²) in [5.41, 5.74) is 3.68. The first-order valence-corrected chi connectivity index (χ1v) is 31.2. The lowest BCUT2D eigenvalue weighted by atomic mass is 9.77. The molecule has 3 aromatic heterocycles. The number of rotatable bonds is 16. The Morgan fingerprint density at radius 3 is 1.99 bits per heavy atom. The number of aryl methyl sites for hydroxylation is 1. The van der Waals surface area contributed by atoms with Crippen LogP contribution in [-0.4, -0.2) is 150 Å². The van der Waals surface area contributed by atoms with Crippen molar-refractivity contribution in [2.75, 3.05) is 119 Å². The molecule has 0 fully saturated rings. The van der Waals surface area contributed by atoms with Crippen LogP contribution in [0.4, 0.5) is 61.1 Å². The highest BCUT2D eigenvalue weighted by atomic mass is 35.5. The van der Waals surface area contributed by atoms with Crippen molar-refractivity contribution in [3.05, 3.63) is 116 Å². The first-order chi connectivity index (χ1) is 43.4. The topological polar surface area (TPSA) is 274 Å². The highest BCUT2D eigenvalue weighted by Gasteiger charge is 2.44. The van der Waals surface area contributed by atoms with Crippen LogP contribution in [0.5, 0.6) is 23.0 Å². The molecule has 90 heavy (non-hydrogen) atoms.